The molecule has 332 valence electrons. The molecule has 0 radical (unpaired) electrons. The number of hydrogen-bond acceptors (Lipinski definition) is 5. The number of amides is 1. The third kappa shape index (κ3) is 43.2. The average Bonchev–Trinajstić information content (AvgIpc) is 3.21. The van der Waals surface area contributed by atoms with Crippen molar-refractivity contribution in [2.75, 3.05) is 13.2 Å². The van der Waals surface area contributed by atoms with Gasteiger partial charge in [0.05, 0.1) is 25.4 Å². The minimum absolute atomic E-state index is 0.0493. The molecule has 0 aliphatic rings. The third-order valence-electron chi connectivity index (χ3n) is 10.8. The first-order chi connectivity index (χ1) is 28.0. The van der Waals surface area contributed by atoms with Gasteiger partial charge in [-0.3, -0.25) is 9.59 Å². The molecule has 0 bridgehead atoms. The van der Waals surface area contributed by atoms with E-state index < -0.39 is 12.1 Å². The van der Waals surface area contributed by atoms with E-state index in [1.807, 2.05) is 6.08 Å². The van der Waals surface area contributed by atoms with E-state index in [0.717, 1.165) is 96.3 Å². The lowest BCUT2D eigenvalue weighted by Crippen LogP contribution is -2.45. The molecule has 2 atom stereocenters. The molecule has 0 spiro atoms. The second-order valence-corrected chi connectivity index (χ2v) is 16.4. The zero-order valence-electron chi connectivity index (χ0n) is 37.6. The molecule has 0 aromatic heterocycles. The van der Waals surface area contributed by atoms with Crippen LogP contribution in [0.15, 0.2) is 48.6 Å². The number of aliphatic hydroxyl groups excluding tert-OH is 2. The SMILES string of the molecule is CCC/C=C\C/C=C\CCCCCCCC(=O)OCCCC/C=C\CCCCCCCC(=O)NC(CO)C(O)/C=C/CCCCCCCCCCCCCCCC. The summed E-state index contributed by atoms with van der Waals surface area (Å²) in [5.41, 5.74) is 0. The van der Waals surface area contributed by atoms with Gasteiger partial charge in [-0.15, -0.1) is 0 Å². The summed E-state index contributed by atoms with van der Waals surface area (Å²) in [4.78, 5) is 24.4. The molecule has 0 aromatic rings. The minimum Gasteiger partial charge on any atom is -0.466 e. The number of esters is 1. The van der Waals surface area contributed by atoms with Gasteiger partial charge in [0.2, 0.25) is 5.91 Å². The third-order valence-corrected chi connectivity index (χ3v) is 10.8. The van der Waals surface area contributed by atoms with E-state index in [4.69, 9.17) is 4.74 Å². The molecule has 6 nitrogen and oxygen atoms in total. The van der Waals surface area contributed by atoms with Gasteiger partial charge >= 0.3 is 5.97 Å². The average molecular weight is 800 g/mol. The van der Waals surface area contributed by atoms with Gasteiger partial charge in [-0.1, -0.05) is 191 Å². The quantitative estimate of drug-likeness (QED) is 0.0324. The van der Waals surface area contributed by atoms with E-state index in [9.17, 15) is 19.8 Å². The summed E-state index contributed by atoms with van der Waals surface area (Å²) in [5, 5.41) is 23.0. The van der Waals surface area contributed by atoms with Crippen LogP contribution in [0.4, 0.5) is 0 Å². The van der Waals surface area contributed by atoms with Crippen molar-refractivity contribution in [2.24, 2.45) is 0 Å². The Morgan fingerprint density at radius 1 is 0.491 bits per heavy atom. The Bertz CT molecular complexity index is 973. The first-order valence-electron chi connectivity index (χ1n) is 24.4. The first-order valence-corrected chi connectivity index (χ1v) is 24.4. The maximum absolute atomic E-state index is 12.4. The Hall–Kier alpha value is -2.18. The first kappa shape index (κ1) is 54.8. The standard InChI is InChI=1S/C51H93NO5/c1-3-5-7-9-11-13-15-17-18-19-21-23-27-31-35-39-43-49(54)48(47-53)52-50(55)44-40-36-32-28-24-22-26-30-34-38-42-46-57-51(56)45-41-37-33-29-25-20-16-14-12-10-8-6-4-2/h8,10,14,16,26,30,39,43,48-49,53-54H,3-7,9,11-13,15,17-25,27-29,31-38,40-42,44-47H2,1-2H3,(H,52,55)/b10-8-,16-14-,30-26-,43-39+. The van der Waals surface area contributed by atoms with Crippen molar-refractivity contribution in [1.29, 1.82) is 0 Å². The van der Waals surface area contributed by atoms with E-state index in [2.05, 4.69) is 55.6 Å². The molecule has 0 saturated heterocycles. The molecule has 0 fully saturated rings. The molecule has 0 aliphatic heterocycles. The Balaban J connectivity index is 3.59. The predicted octanol–water partition coefficient (Wildman–Crippen LogP) is 14.3. The van der Waals surface area contributed by atoms with Gasteiger partial charge in [-0.2, -0.15) is 0 Å². The Kier molecular flexibility index (Phi) is 44.7. The van der Waals surface area contributed by atoms with Gasteiger partial charge in [0.15, 0.2) is 0 Å². The maximum atomic E-state index is 12.4. The molecule has 0 aliphatic carbocycles. The lowest BCUT2D eigenvalue weighted by Gasteiger charge is -2.20. The van der Waals surface area contributed by atoms with Crippen LogP contribution in [0.1, 0.15) is 239 Å². The van der Waals surface area contributed by atoms with E-state index in [1.165, 1.54) is 116 Å². The van der Waals surface area contributed by atoms with E-state index in [-0.39, 0.29) is 18.5 Å². The summed E-state index contributed by atoms with van der Waals surface area (Å²) in [5.74, 6) is -0.149. The number of ether oxygens (including phenoxy) is 1. The van der Waals surface area contributed by atoms with Gasteiger partial charge < -0.3 is 20.3 Å². The van der Waals surface area contributed by atoms with Crippen molar-refractivity contribution in [3.8, 4) is 0 Å². The molecular formula is C51H93NO5. The molecule has 6 heteroatoms. The molecule has 1 amide bonds. The molecule has 0 aromatic carbocycles. The van der Waals surface area contributed by atoms with Crippen molar-refractivity contribution >= 4 is 11.9 Å². The van der Waals surface area contributed by atoms with Crippen molar-refractivity contribution in [1.82, 2.24) is 5.32 Å². The number of unbranched alkanes of at least 4 members (excludes halogenated alkanes) is 27. The normalized spacial score (nSPS) is 13.1. The zero-order chi connectivity index (χ0) is 41.5. The summed E-state index contributed by atoms with van der Waals surface area (Å²) in [7, 11) is 0. The van der Waals surface area contributed by atoms with Gasteiger partial charge in [0.25, 0.3) is 0 Å². The molecule has 2 unspecified atom stereocenters. The lowest BCUT2D eigenvalue weighted by atomic mass is 10.0. The van der Waals surface area contributed by atoms with Crippen molar-refractivity contribution < 1.29 is 24.5 Å². The van der Waals surface area contributed by atoms with Crippen LogP contribution < -0.4 is 5.32 Å². The number of hydrogen-bond donors (Lipinski definition) is 3. The lowest BCUT2D eigenvalue weighted by molar-refractivity contribution is -0.143. The van der Waals surface area contributed by atoms with E-state index >= 15 is 0 Å². The number of allylic oxidation sites excluding steroid dienone is 7. The van der Waals surface area contributed by atoms with Crippen LogP contribution in [0, 0.1) is 0 Å². The second-order valence-electron chi connectivity index (χ2n) is 16.4. The second kappa shape index (κ2) is 46.5. The minimum atomic E-state index is -0.864. The zero-order valence-corrected chi connectivity index (χ0v) is 37.6. The van der Waals surface area contributed by atoms with Crippen LogP contribution in [0.25, 0.3) is 0 Å². The highest BCUT2D eigenvalue weighted by molar-refractivity contribution is 5.76. The number of carbonyl (C=O) groups excluding carboxylic acids is 2. The fourth-order valence-electron chi connectivity index (χ4n) is 7.02. The Labute approximate surface area is 353 Å². The summed E-state index contributed by atoms with van der Waals surface area (Å²) >= 11 is 0. The molecule has 0 heterocycles. The van der Waals surface area contributed by atoms with Crippen LogP contribution in [-0.4, -0.2) is 47.4 Å². The van der Waals surface area contributed by atoms with Crippen LogP contribution >= 0.6 is 0 Å². The maximum Gasteiger partial charge on any atom is 0.305 e. The van der Waals surface area contributed by atoms with Crippen LogP contribution in [0.2, 0.25) is 0 Å². The molecule has 0 rings (SSSR count). The van der Waals surface area contributed by atoms with Gasteiger partial charge in [-0.25, -0.2) is 0 Å². The fraction of sp³-hybridized carbons (Fsp3) is 0.804. The summed E-state index contributed by atoms with van der Waals surface area (Å²) in [6.07, 6.45) is 56.7. The van der Waals surface area contributed by atoms with Crippen LogP contribution in [0.3, 0.4) is 0 Å². The summed E-state index contributed by atoms with van der Waals surface area (Å²) in [6, 6.07) is -0.650. The number of carbonyl (C=O) groups is 2. The van der Waals surface area contributed by atoms with Crippen molar-refractivity contribution in [3.63, 3.8) is 0 Å². The number of nitrogens with one attached hydrogen (secondary N) is 1. The molecule has 57 heavy (non-hydrogen) atoms. The van der Waals surface area contributed by atoms with E-state index in [0.29, 0.717) is 19.4 Å². The summed E-state index contributed by atoms with van der Waals surface area (Å²) in [6.45, 7) is 4.74. The monoisotopic (exact) mass is 800 g/mol. The fourth-order valence-corrected chi connectivity index (χ4v) is 7.02. The topological polar surface area (TPSA) is 95.9 Å². The van der Waals surface area contributed by atoms with Gasteiger partial charge in [-0.05, 0) is 83.5 Å². The smallest absolute Gasteiger partial charge is 0.305 e. The Morgan fingerprint density at radius 2 is 0.912 bits per heavy atom. The van der Waals surface area contributed by atoms with E-state index in [1.54, 1.807) is 6.08 Å². The Morgan fingerprint density at radius 3 is 1.42 bits per heavy atom. The highest BCUT2D eigenvalue weighted by atomic mass is 16.5. The number of rotatable bonds is 44. The molecule has 0 saturated carbocycles. The highest BCUT2D eigenvalue weighted by Gasteiger charge is 2.18. The van der Waals surface area contributed by atoms with Crippen LogP contribution in [-0.2, 0) is 14.3 Å². The van der Waals surface area contributed by atoms with Gasteiger partial charge in [0, 0.05) is 12.8 Å². The number of aliphatic hydroxyl groups is 2. The predicted molar refractivity (Wildman–Crippen MR) is 245 cm³/mol. The molecule has 3 N–H and O–H groups in total. The molecular weight excluding hydrogens is 707 g/mol. The van der Waals surface area contributed by atoms with Crippen molar-refractivity contribution in [2.45, 2.75) is 251 Å². The highest BCUT2D eigenvalue weighted by Crippen LogP contribution is 2.14. The van der Waals surface area contributed by atoms with Crippen LogP contribution in [0.5, 0.6) is 0 Å². The largest absolute Gasteiger partial charge is 0.466 e. The van der Waals surface area contributed by atoms with Gasteiger partial charge in [0.1, 0.15) is 0 Å². The van der Waals surface area contributed by atoms with Crippen molar-refractivity contribution in [3.05, 3.63) is 48.6 Å². The summed E-state index contributed by atoms with van der Waals surface area (Å²) < 4.78 is 5.41.